The van der Waals surface area contributed by atoms with E-state index in [1.165, 1.54) is 6.92 Å². The number of carbonyl (C=O) groups excluding carboxylic acids is 3. The van der Waals surface area contributed by atoms with Gasteiger partial charge in [-0.1, -0.05) is 19.9 Å². The van der Waals surface area contributed by atoms with Crippen LogP contribution in [0.25, 0.3) is 0 Å². The van der Waals surface area contributed by atoms with Crippen molar-refractivity contribution in [3.63, 3.8) is 0 Å². The number of hydrogen-bond donors (Lipinski definition) is 1. The number of allylic oxidation sites excluding steroid dienone is 4. The quantitative estimate of drug-likeness (QED) is 0.795. The zero-order valence-electron chi connectivity index (χ0n) is 15.2. The van der Waals surface area contributed by atoms with Crippen molar-refractivity contribution in [2.45, 2.75) is 58.5 Å². The molecule has 0 aromatic carbocycles. The highest BCUT2D eigenvalue weighted by Crippen LogP contribution is 2.65. The Hall–Kier alpha value is -1.55. The van der Waals surface area contributed by atoms with Gasteiger partial charge in [-0.3, -0.25) is 14.4 Å². The molecule has 25 heavy (non-hydrogen) atoms. The molecular formula is C21H26O4. The lowest BCUT2D eigenvalue weighted by Crippen LogP contribution is -2.58. The summed E-state index contributed by atoms with van der Waals surface area (Å²) in [4.78, 5) is 37.0. The average Bonchev–Trinajstić information content (AvgIpc) is 2.82. The van der Waals surface area contributed by atoms with Gasteiger partial charge >= 0.3 is 0 Å². The summed E-state index contributed by atoms with van der Waals surface area (Å²) in [5, 5.41) is 11.1. The van der Waals surface area contributed by atoms with E-state index in [-0.39, 0.29) is 40.5 Å². The van der Waals surface area contributed by atoms with Crippen LogP contribution in [0.4, 0.5) is 0 Å². The maximum atomic E-state index is 13.0. The Balaban J connectivity index is 1.79. The summed E-state index contributed by atoms with van der Waals surface area (Å²) in [6, 6.07) is 0. The van der Waals surface area contributed by atoms with E-state index < -0.39 is 11.0 Å². The first-order chi connectivity index (χ1) is 11.6. The molecule has 0 aliphatic heterocycles. The van der Waals surface area contributed by atoms with Crippen LogP contribution in [0, 0.1) is 28.6 Å². The van der Waals surface area contributed by atoms with E-state index in [1.807, 2.05) is 13.0 Å². The van der Waals surface area contributed by atoms with Crippen molar-refractivity contribution in [2.75, 3.05) is 0 Å². The summed E-state index contributed by atoms with van der Waals surface area (Å²) < 4.78 is 0. The smallest absolute Gasteiger partial charge is 0.161 e. The Bertz CT molecular complexity index is 747. The fraction of sp³-hybridized carbons (Fsp3) is 0.667. The molecular weight excluding hydrogens is 316 g/mol. The molecule has 0 heterocycles. The van der Waals surface area contributed by atoms with Gasteiger partial charge in [0.05, 0.1) is 0 Å². The van der Waals surface area contributed by atoms with Gasteiger partial charge in [0, 0.05) is 23.2 Å². The molecule has 4 aliphatic carbocycles. The zero-order chi connectivity index (χ0) is 18.2. The Labute approximate surface area is 148 Å². The zero-order valence-corrected chi connectivity index (χ0v) is 15.2. The van der Waals surface area contributed by atoms with Crippen LogP contribution in [0.1, 0.15) is 52.9 Å². The Morgan fingerprint density at radius 2 is 1.84 bits per heavy atom. The van der Waals surface area contributed by atoms with Crippen LogP contribution in [0.5, 0.6) is 0 Å². The number of Topliss-reactive ketones (excluding diaryl/α,β-unsaturated/α-hetero) is 1. The predicted octanol–water partition coefficient (Wildman–Crippen LogP) is 2.79. The standard InChI is InChI=1S/C21H26O4/c1-12(22)21(25)9-6-16-18-15(5-8-20(16,21)3)19(2)7-4-14(23)10-13(19)11-17(18)24/h4,7,11,15-16,18,25H,5-6,8-10H2,1-3H3/t15-,16-,18+,19-,20-,21-/m0/s1. The van der Waals surface area contributed by atoms with Crippen LogP contribution >= 0.6 is 0 Å². The molecule has 0 aromatic heterocycles. The number of rotatable bonds is 1. The van der Waals surface area contributed by atoms with E-state index in [1.54, 1.807) is 12.2 Å². The third kappa shape index (κ3) is 1.95. The van der Waals surface area contributed by atoms with E-state index in [2.05, 4.69) is 6.92 Å². The molecule has 0 radical (unpaired) electrons. The monoisotopic (exact) mass is 342 g/mol. The van der Waals surface area contributed by atoms with Gasteiger partial charge in [-0.25, -0.2) is 0 Å². The first-order valence-electron chi connectivity index (χ1n) is 9.34. The summed E-state index contributed by atoms with van der Waals surface area (Å²) >= 11 is 0. The van der Waals surface area contributed by atoms with Crippen molar-refractivity contribution < 1.29 is 19.5 Å². The summed E-state index contributed by atoms with van der Waals surface area (Å²) in [7, 11) is 0. The first kappa shape index (κ1) is 16.9. The average molecular weight is 342 g/mol. The van der Waals surface area contributed by atoms with Crippen molar-refractivity contribution >= 4 is 17.3 Å². The van der Waals surface area contributed by atoms with Gasteiger partial charge in [-0.15, -0.1) is 0 Å². The molecule has 0 amide bonds. The third-order valence-corrected chi connectivity index (χ3v) is 8.09. The van der Waals surface area contributed by atoms with Crippen molar-refractivity contribution in [1.29, 1.82) is 0 Å². The second kappa shape index (κ2) is 5.00. The fourth-order valence-electron chi connectivity index (χ4n) is 6.45. The molecule has 6 atom stereocenters. The topological polar surface area (TPSA) is 71.4 Å². The summed E-state index contributed by atoms with van der Waals surface area (Å²) in [5.74, 6) is -0.0275. The lowest BCUT2D eigenvalue weighted by molar-refractivity contribution is -0.161. The van der Waals surface area contributed by atoms with Gasteiger partial charge in [-0.2, -0.15) is 0 Å². The molecule has 0 aromatic rings. The molecule has 2 fully saturated rings. The van der Waals surface area contributed by atoms with Crippen LogP contribution in [0.15, 0.2) is 23.8 Å². The Morgan fingerprint density at radius 3 is 2.52 bits per heavy atom. The van der Waals surface area contributed by atoms with Crippen molar-refractivity contribution in [2.24, 2.45) is 28.6 Å². The largest absolute Gasteiger partial charge is 0.382 e. The summed E-state index contributed by atoms with van der Waals surface area (Å²) in [5.41, 5.74) is -1.17. The van der Waals surface area contributed by atoms with Gasteiger partial charge in [-0.05, 0) is 62.2 Å². The van der Waals surface area contributed by atoms with E-state index in [0.29, 0.717) is 19.3 Å². The minimum atomic E-state index is -1.31. The number of aliphatic hydroxyl groups is 1. The summed E-state index contributed by atoms with van der Waals surface area (Å²) in [6.45, 7) is 5.61. The molecule has 4 rings (SSSR count). The highest BCUT2D eigenvalue weighted by Gasteiger charge is 2.66. The lowest BCUT2D eigenvalue weighted by Gasteiger charge is -2.56. The highest BCUT2D eigenvalue weighted by molar-refractivity contribution is 5.99. The maximum absolute atomic E-state index is 13.0. The van der Waals surface area contributed by atoms with Crippen LogP contribution in [-0.4, -0.2) is 28.1 Å². The van der Waals surface area contributed by atoms with Crippen LogP contribution in [0.3, 0.4) is 0 Å². The molecule has 0 bridgehead atoms. The minimum Gasteiger partial charge on any atom is -0.382 e. The van der Waals surface area contributed by atoms with E-state index in [9.17, 15) is 19.5 Å². The van der Waals surface area contributed by atoms with Crippen molar-refractivity contribution in [1.82, 2.24) is 0 Å². The summed E-state index contributed by atoms with van der Waals surface area (Å²) in [6.07, 6.45) is 8.38. The molecule has 2 saturated carbocycles. The number of fused-ring (bicyclic) bond motifs is 5. The Kier molecular flexibility index (Phi) is 3.38. The molecule has 0 saturated heterocycles. The lowest BCUT2D eigenvalue weighted by atomic mass is 9.47. The van der Waals surface area contributed by atoms with Crippen molar-refractivity contribution in [3.05, 3.63) is 23.8 Å². The first-order valence-corrected chi connectivity index (χ1v) is 9.34. The molecule has 0 unspecified atom stereocenters. The normalized spacial score (nSPS) is 48.5. The second-order valence-corrected chi connectivity index (χ2v) is 8.98. The fourth-order valence-corrected chi connectivity index (χ4v) is 6.45. The SMILES string of the molecule is CC(=O)[C@@]1(O)CC[C@H]2[C@@H]3C(=O)C=C4CC(=O)C=C[C@]4(C)[C@H]3CC[C@@]21C. The van der Waals surface area contributed by atoms with E-state index in [4.69, 9.17) is 0 Å². The number of carbonyl (C=O) groups is 3. The Morgan fingerprint density at radius 1 is 1.16 bits per heavy atom. The maximum Gasteiger partial charge on any atom is 0.161 e. The highest BCUT2D eigenvalue weighted by atomic mass is 16.3. The van der Waals surface area contributed by atoms with E-state index >= 15 is 0 Å². The molecule has 4 aliphatic rings. The predicted molar refractivity (Wildman–Crippen MR) is 92.6 cm³/mol. The van der Waals surface area contributed by atoms with Gasteiger partial charge in [0.1, 0.15) is 5.60 Å². The van der Waals surface area contributed by atoms with Gasteiger partial charge in [0.2, 0.25) is 0 Å². The number of ketones is 3. The second-order valence-electron chi connectivity index (χ2n) is 8.98. The van der Waals surface area contributed by atoms with Gasteiger partial charge < -0.3 is 5.11 Å². The molecule has 4 nitrogen and oxygen atoms in total. The molecule has 1 N–H and O–H groups in total. The van der Waals surface area contributed by atoms with Gasteiger partial charge in [0.25, 0.3) is 0 Å². The van der Waals surface area contributed by atoms with Crippen LogP contribution < -0.4 is 0 Å². The number of hydrogen-bond acceptors (Lipinski definition) is 4. The minimum absolute atomic E-state index is 0.0216. The van der Waals surface area contributed by atoms with Gasteiger partial charge in [0.15, 0.2) is 17.3 Å². The van der Waals surface area contributed by atoms with Crippen molar-refractivity contribution in [3.8, 4) is 0 Å². The molecule has 0 spiro atoms. The molecule has 134 valence electrons. The van der Waals surface area contributed by atoms with Crippen LogP contribution in [-0.2, 0) is 14.4 Å². The van der Waals surface area contributed by atoms with E-state index in [0.717, 1.165) is 18.4 Å². The van der Waals surface area contributed by atoms with Crippen LogP contribution in [0.2, 0.25) is 0 Å². The third-order valence-electron chi connectivity index (χ3n) is 8.09. The molecule has 4 heteroatoms.